The maximum absolute atomic E-state index is 12.8. The highest BCUT2D eigenvalue weighted by Gasteiger charge is 2.26. The highest BCUT2D eigenvalue weighted by atomic mass is 32.2. The second-order valence-corrected chi connectivity index (χ2v) is 7.33. The standard InChI is InChI=1S/C18H19N3O2S/c1-14-8-6-7-11-16(14)17(18-19-12-13-21(18)2)20-24(22,23)15-9-4-3-5-10-15/h3-13,17,20H,1-2H3. The number of nitrogens with zero attached hydrogens (tertiary/aromatic N) is 2. The predicted octanol–water partition coefficient (Wildman–Crippen LogP) is 2.80. The maximum atomic E-state index is 12.8. The molecule has 3 rings (SSSR count). The molecular weight excluding hydrogens is 322 g/mol. The van der Waals surface area contributed by atoms with Crippen LogP contribution in [-0.2, 0) is 17.1 Å². The number of sulfonamides is 1. The molecule has 0 spiro atoms. The molecule has 1 aromatic heterocycles. The van der Waals surface area contributed by atoms with Crippen molar-refractivity contribution in [1.29, 1.82) is 0 Å². The monoisotopic (exact) mass is 341 g/mol. The fourth-order valence-electron chi connectivity index (χ4n) is 2.64. The minimum absolute atomic E-state index is 0.234. The molecule has 0 saturated carbocycles. The molecule has 0 aliphatic rings. The molecule has 0 aliphatic carbocycles. The SMILES string of the molecule is Cc1ccccc1C(NS(=O)(=O)c1ccccc1)c1nccn1C. The van der Waals surface area contributed by atoms with Crippen LogP contribution in [0, 0.1) is 6.92 Å². The summed E-state index contributed by atoms with van der Waals surface area (Å²) in [6, 6.07) is 15.5. The number of benzene rings is 2. The Kier molecular flexibility index (Phi) is 4.51. The van der Waals surface area contributed by atoms with Crippen molar-refractivity contribution in [1.82, 2.24) is 14.3 Å². The highest BCUT2D eigenvalue weighted by Crippen LogP contribution is 2.25. The van der Waals surface area contributed by atoms with Crippen molar-refractivity contribution in [3.63, 3.8) is 0 Å². The summed E-state index contributed by atoms with van der Waals surface area (Å²) in [5.41, 5.74) is 1.88. The van der Waals surface area contributed by atoms with Crippen LogP contribution in [0.4, 0.5) is 0 Å². The zero-order chi connectivity index (χ0) is 17.2. The van der Waals surface area contributed by atoms with Crippen LogP contribution >= 0.6 is 0 Å². The highest BCUT2D eigenvalue weighted by molar-refractivity contribution is 7.89. The topological polar surface area (TPSA) is 64.0 Å². The van der Waals surface area contributed by atoms with Gasteiger partial charge in [0.1, 0.15) is 11.9 Å². The number of rotatable bonds is 5. The van der Waals surface area contributed by atoms with E-state index in [4.69, 9.17) is 0 Å². The Bertz CT molecular complexity index is 934. The molecule has 1 atom stereocenters. The van der Waals surface area contributed by atoms with Crippen molar-refractivity contribution in [3.8, 4) is 0 Å². The Morgan fingerprint density at radius 2 is 1.71 bits per heavy atom. The maximum Gasteiger partial charge on any atom is 0.241 e. The van der Waals surface area contributed by atoms with Gasteiger partial charge in [0, 0.05) is 19.4 Å². The minimum atomic E-state index is -3.67. The normalized spacial score (nSPS) is 12.9. The predicted molar refractivity (Wildman–Crippen MR) is 93.0 cm³/mol. The van der Waals surface area contributed by atoms with E-state index < -0.39 is 16.1 Å². The fourth-order valence-corrected chi connectivity index (χ4v) is 3.84. The Morgan fingerprint density at radius 1 is 1.04 bits per heavy atom. The van der Waals surface area contributed by atoms with E-state index in [9.17, 15) is 8.42 Å². The second-order valence-electron chi connectivity index (χ2n) is 5.62. The van der Waals surface area contributed by atoms with E-state index >= 15 is 0 Å². The Morgan fingerprint density at radius 3 is 2.33 bits per heavy atom. The number of aromatic nitrogens is 2. The second kappa shape index (κ2) is 6.59. The van der Waals surface area contributed by atoms with E-state index in [1.54, 1.807) is 42.7 Å². The summed E-state index contributed by atoms with van der Waals surface area (Å²) in [5.74, 6) is 0.642. The van der Waals surface area contributed by atoms with Crippen LogP contribution in [0.25, 0.3) is 0 Å². The zero-order valence-corrected chi connectivity index (χ0v) is 14.4. The molecule has 24 heavy (non-hydrogen) atoms. The quantitative estimate of drug-likeness (QED) is 0.776. The molecule has 1 unspecified atom stereocenters. The van der Waals surface area contributed by atoms with Crippen molar-refractivity contribution in [3.05, 3.63) is 83.9 Å². The van der Waals surface area contributed by atoms with Gasteiger partial charge in [-0.1, -0.05) is 42.5 Å². The Hall–Kier alpha value is -2.44. The van der Waals surface area contributed by atoms with Gasteiger partial charge in [0.05, 0.1) is 4.90 Å². The molecule has 1 heterocycles. The fraction of sp³-hybridized carbons (Fsp3) is 0.167. The van der Waals surface area contributed by atoms with E-state index in [2.05, 4.69) is 9.71 Å². The van der Waals surface area contributed by atoms with Crippen LogP contribution in [0.3, 0.4) is 0 Å². The van der Waals surface area contributed by atoms with Gasteiger partial charge in [0.25, 0.3) is 0 Å². The van der Waals surface area contributed by atoms with Crippen molar-refractivity contribution in [2.75, 3.05) is 0 Å². The van der Waals surface area contributed by atoms with Crippen molar-refractivity contribution in [2.45, 2.75) is 17.9 Å². The van der Waals surface area contributed by atoms with Crippen molar-refractivity contribution >= 4 is 10.0 Å². The van der Waals surface area contributed by atoms with Gasteiger partial charge in [-0.15, -0.1) is 0 Å². The third-order valence-corrected chi connectivity index (χ3v) is 5.38. The number of nitrogens with one attached hydrogen (secondary N) is 1. The van der Waals surface area contributed by atoms with Gasteiger partial charge < -0.3 is 4.57 Å². The summed E-state index contributed by atoms with van der Waals surface area (Å²) in [5, 5.41) is 0. The van der Waals surface area contributed by atoms with Gasteiger partial charge in [-0.3, -0.25) is 0 Å². The Balaban J connectivity index is 2.07. The van der Waals surface area contributed by atoms with Gasteiger partial charge in [-0.05, 0) is 30.2 Å². The van der Waals surface area contributed by atoms with Crippen LogP contribution in [0.2, 0.25) is 0 Å². The van der Waals surface area contributed by atoms with Crippen LogP contribution < -0.4 is 4.72 Å². The van der Waals surface area contributed by atoms with Gasteiger partial charge >= 0.3 is 0 Å². The molecule has 0 aliphatic heterocycles. The van der Waals surface area contributed by atoms with Crippen LogP contribution in [-0.4, -0.2) is 18.0 Å². The average Bonchev–Trinajstić information content (AvgIpc) is 3.00. The van der Waals surface area contributed by atoms with E-state index in [1.165, 1.54) is 0 Å². The number of imidazole rings is 1. The summed E-state index contributed by atoms with van der Waals surface area (Å²) in [6.45, 7) is 1.96. The van der Waals surface area contributed by atoms with E-state index in [1.807, 2.05) is 42.8 Å². The minimum Gasteiger partial charge on any atom is -0.336 e. The van der Waals surface area contributed by atoms with Crippen LogP contribution in [0.5, 0.6) is 0 Å². The lowest BCUT2D eigenvalue weighted by molar-refractivity contribution is 0.562. The largest absolute Gasteiger partial charge is 0.336 e. The number of hydrogen-bond donors (Lipinski definition) is 1. The first-order chi connectivity index (χ1) is 11.5. The lowest BCUT2D eigenvalue weighted by Crippen LogP contribution is -2.31. The van der Waals surface area contributed by atoms with Crippen molar-refractivity contribution in [2.24, 2.45) is 7.05 Å². The van der Waals surface area contributed by atoms with Gasteiger partial charge in [-0.25, -0.2) is 13.4 Å². The zero-order valence-electron chi connectivity index (χ0n) is 13.5. The molecule has 5 nitrogen and oxygen atoms in total. The average molecular weight is 341 g/mol. The molecule has 0 bridgehead atoms. The molecule has 6 heteroatoms. The first kappa shape index (κ1) is 16.4. The van der Waals surface area contributed by atoms with Crippen LogP contribution in [0.15, 0.2) is 71.9 Å². The molecule has 0 fully saturated rings. The van der Waals surface area contributed by atoms with Gasteiger partial charge in [0.15, 0.2) is 0 Å². The molecule has 0 radical (unpaired) electrons. The first-order valence-electron chi connectivity index (χ1n) is 7.59. The third kappa shape index (κ3) is 3.25. The summed E-state index contributed by atoms with van der Waals surface area (Å²) in [7, 11) is -1.82. The summed E-state index contributed by atoms with van der Waals surface area (Å²) in [4.78, 5) is 4.58. The molecule has 1 N–H and O–H groups in total. The smallest absolute Gasteiger partial charge is 0.241 e. The molecule has 0 amide bonds. The summed E-state index contributed by atoms with van der Waals surface area (Å²) >= 11 is 0. The van der Waals surface area contributed by atoms with E-state index in [0.717, 1.165) is 11.1 Å². The number of hydrogen-bond acceptors (Lipinski definition) is 3. The summed E-state index contributed by atoms with van der Waals surface area (Å²) < 4.78 is 30.2. The van der Waals surface area contributed by atoms with Crippen molar-refractivity contribution < 1.29 is 8.42 Å². The van der Waals surface area contributed by atoms with Gasteiger partial charge in [-0.2, -0.15) is 4.72 Å². The molecular formula is C18H19N3O2S. The number of aryl methyl sites for hydroxylation is 2. The molecule has 2 aromatic carbocycles. The van der Waals surface area contributed by atoms with E-state index in [0.29, 0.717) is 5.82 Å². The van der Waals surface area contributed by atoms with Crippen LogP contribution in [0.1, 0.15) is 23.0 Å². The molecule has 3 aromatic rings. The lowest BCUT2D eigenvalue weighted by atomic mass is 10.0. The third-order valence-electron chi connectivity index (χ3n) is 3.94. The molecule has 0 saturated heterocycles. The van der Waals surface area contributed by atoms with Gasteiger partial charge in [0.2, 0.25) is 10.0 Å². The summed E-state index contributed by atoms with van der Waals surface area (Å²) in [6.07, 6.45) is 3.47. The Labute approximate surface area is 142 Å². The first-order valence-corrected chi connectivity index (χ1v) is 9.07. The molecule has 124 valence electrons. The van der Waals surface area contributed by atoms with E-state index in [-0.39, 0.29) is 4.90 Å². The lowest BCUT2D eigenvalue weighted by Gasteiger charge is -2.21.